The zero-order chi connectivity index (χ0) is 76.0. The van der Waals surface area contributed by atoms with Gasteiger partial charge >= 0.3 is 39.5 Å². The van der Waals surface area contributed by atoms with Crippen LogP contribution in [-0.2, 0) is 65.4 Å². The van der Waals surface area contributed by atoms with E-state index < -0.39 is 97.5 Å². The Kier molecular flexibility index (Phi) is 72.4. The Morgan fingerprint density at radius 2 is 0.519 bits per heavy atom. The molecule has 0 heterocycles. The van der Waals surface area contributed by atoms with Gasteiger partial charge in [0.25, 0.3) is 0 Å². The number of aliphatic hydroxyl groups excluding tert-OH is 1. The molecule has 3 N–H and O–H groups in total. The van der Waals surface area contributed by atoms with Crippen molar-refractivity contribution in [2.75, 3.05) is 39.6 Å². The Labute approximate surface area is 630 Å². The van der Waals surface area contributed by atoms with Crippen LogP contribution in [0.2, 0.25) is 0 Å². The molecule has 0 bridgehead atoms. The fourth-order valence-corrected chi connectivity index (χ4v) is 11.8. The second-order valence-electron chi connectivity index (χ2n) is 26.2. The fraction of sp³-hybridized carbons (Fsp3) is 0.671. The molecule has 0 aromatic carbocycles. The van der Waals surface area contributed by atoms with Gasteiger partial charge in [-0.15, -0.1) is 0 Å². The average molecular weight is 1500 g/mol. The topological polar surface area (TPSA) is 237 Å². The number of esters is 4. The summed E-state index contributed by atoms with van der Waals surface area (Å²) in [5.41, 5.74) is 0. The van der Waals surface area contributed by atoms with Crippen LogP contribution in [0.15, 0.2) is 146 Å². The predicted molar refractivity (Wildman–Crippen MR) is 427 cm³/mol. The monoisotopic (exact) mass is 1500 g/mol. The third-order valence-electron chi connectivity index (χ3n) is 16.3. The van der Waals surface area contributed by atoms with Gasteiger partial charge in [0, 0.05) is 25.7 Å². The Morgan fingerprint density at radius 3 is 0.846 bits per heavy atom. The molecule has 0 spiro atoms. The third-order valence-corrected chi connectivity index (χ3v) is 18.2. The van der Waals surface area contributed by atoms with Crippen molar-refractivity contribution < 1.29 is 80.2 Å². The highest BCUT2D eigenvalue weighted by atomic mass is 31.2. The number of unbranched alkanes of at least 4 members (excludes halogenated alkanes) is 24. The standard InChI is InChI=1S/C85H142O17P2/c1-5-9-13-17-21-25-29-32-35-37-39-41-44-47-51-54-58-62-66-70-83(88)96-76-81(102-85(90)72-68-64-60-56-52-48-45-42-40-38-36-33-30-26-22-18-14-10-6-2)78-100-104(93,94)98-74-79(86)73-97-103(91,92)99-77-80(101-84(89)71-67-63-59-55-49-28-24-20-16-12-8-4)75-95-82(87)69-65-61-57-53-50-46-43-34-31-27-23-19-15-11-7-3/h9,11,13,15,21-23,25-27,32-36,39-43,47,51,58,62,79-81,86H,5-8,10,12,14,16-20,24,28-31,37-38,44-46,48-50,52-57,59-61,63-78H2,1-4H3,(H,91,92)(H,93,94)/b13-9-,15-11-,25-21-,26-22-,27-23-,35-32-,36-33-,41-39-,42-40-,43-34-,51-47-,62-58-. The van der Waals surface area contributed by atoms with Crippen molar-refractivity contribution in [2.45, 2.75) is 329 Å². The molecule has 0 saturated heterocycles. The molecule has 0 aliphatic carbocycles. The van der Waals surface area contributed by atoms with Gasteiger partial charge in [0.05, 0.1) is 26.4 Å². The van der Waals surface area contributed by atoms with Crippen molar-refractivity contribution >= 4 is 39.5 Å². The minimum Gasteiger partial charge on any atom is -0.462 e. The summed E-state index contributed by atoms with van der Waals surface area (Å²) >= 11 is 0. The molecule has 0 aliphatic heterocycles. The molecule has 5 unspecified atom stereocenters. The number of aliphatic hydroxyl groups is 1. The van der Waals surface area contributed by atoms with Crippen molar-refractivity contribution in [1.29, 1.82) is 0 Å². The highest BCUT2D eigenvalue weighted by molar-refractivity contribution is 7.47. The Hall–Kier alpha value is -5.06. The van der Waals surface area contributed by atoms with E-state index in [4.69, 9.17) is 37.0 Å². The van der Waals surface area contributed by atoms with E-state index in [-0.39, 0.29) is 25.7 Å². The number of allylic oxidation sites excluding steroid dienone is 24. The van der Waals surface area contributed by atoms with Crippen molar-refractivity contribution in [3.8, 4) is 0 Å². The summed E-state index contributed by atoms with van der Waals surface area (Å²) in [4.78, 5) is 73.0. The molecule has 594 valence electrons. The number of phosphoric acid groups is 2. The summed E-state index contributed by atoms with van der Waals surface area (Å²) in [7, 11) is -9.99. The van der Waals surface area contributed by atoms with Gasteiger partial charge in [-0.1, -0.05) is 296 Å². The summed E-state index contributed by atoms with van der Waals surface area (Å²) in [6.07, 6.45) is 87.0. The van der Waals surface area contributed by atoms with Crippen LogP contribution in [0.3, 0.4) is 0 Å². The van der Waals surface area contributed by atoms with Crippen LogP contribution < -0.4 is 0 Å². The third kappa shape index (κ3) is 75.2. The number of hydrogen-bond donors (Lipinski definition) is 3. The van der Waals surface area contributed by atoms with E-state index in [0.717, 1.165) is 167 Å². The molecule has 0 radical (unpaired) electrons. The van der Waals surface area contributed by atoms with Gasteiger partial charge in [0.15, 0.2) is 12.2 Å². The summed E-state index contributed by atoms with van der Waals surface area (Å²) < 4.78 is 68.5. The van der Waals surface area contributed by atoms with Crippen LogP contribution in [0, 0.1) is 0 Å². The van der Waals surface area contributed by atoms with E-state index in [0.29, 0.717) is 32.1 Å². The molecule has 0 fully saturated rings. The van der Waals surface area contributed by atoms with E-state index in [1.807, 2.05) is 18.2 Å². The maximum absolute atomic E-state index is 13.1. The lowest BCUT2D eigenvalue weighted by Crippen LogP contribution is -2.30. The smallest absolute Gasteiger partial charge is 0.462 e. The predicted octanol–water partition coefficient (Wildman–Crippen LogP) is 23.4. The van der Waals surface area contributed by atoms with E-state index in [2.05, 4.69) is 155 Å². The molecular weight excluding hydrogens is 1350 g/mol. The van der Waals surface area contributed by atoms with Crippen LogP contribution in [0.25, 0.3) is 0 Å². The van der Waals surface area contributed by atoms with Crippen molar-refractivity contribution in [3.05, 3.63) is 146 Å². The zero-order valence-corrected chi connectivity index (χ0v) is 66.7. The first-order valence-corrected chi connectivity index (χ1v) is 43.1. The van der Waals surface area contributed by atoms with Gasteiger partial charge in [-0.05, 0) is 135 Å². The maximum Gasteiger partial charge on any atom is 0.472 e. The normalized spacial score (nSPS) is 14.6. The molecule has 0 aromatic rings. The molecule has 104 heavy (non-hydrogen) atoms. The summed E-state index contributed by atoms with van der Waals surface area (Å²) in [6, 6.07) is 0. The summed E-state index contributed by atoms with van der Waals surface area (Å²) in [6.45, 7) is 4.50. The second-order valence-corrected chi connectivity index (χ2v) is 29.2. The first-order valence-electron chi connectivity index (χ1n) is 40.1. The van der Waals surface area contributed by atoms with Gasteiger partial charge in [-0.25, -0.2) is 9.13 Å². The molecule has 0 amide bonds. The Morgan fingerprint density at radius 1 is 0.279 bits per heavy atom. The van der Waals surface area contributed by atoms with Gasteiger partial charge in [-0.3, -0.25) is 37.3 Å². The van der Waals surface area contributed by atoms with Gasteiger partial charge in [-0.2, -0.15) is 0 Å². The minimum absolute atomic E-state index is 0.0293. The second kappa shape index (κ2) is 76.1. The number of carbonyl (C=O) groups is 4. The summed E-state index contributed by atoms with van der Waals surface area (Å²) in [5, 5.41) is 10.6. The first kappa shape index (κ1) is 98.9. The van der Waals surface area contributed by atoms with Crippen LogP contribution in [0.5, 0.6) is 0 Å². The Bertz CT molecular complexity index is 2540. The van der Waals surface area contributed by atoms with E-state index in [1.165, 1.54) is 57.8 Å². The van der Waals surface area contributed by atoms with Crippen LogP contribution >= 0.6 is 15.6 Å². The van der Waals surface area contributed by atoms with E-state index in [1.54, 1.807) is 0 Å². The van der Waals surface area contributed by atoms with E-state index in [9.17, 15) is 43.2 Å². The quantitative estimate of drug-likeness (QED) is 0.0169. The molecule has 0 aromatic heterocycles. The summed E-state index contributed by atoms with van der Waals surface area (Å²) in [5.74, 6) is -2.30. The SMILES string of the molecule is CC/C=C\C/C=C\C/C=C\C/C=C\C/C=C\C/C=C\CCC(=O)OCC(COP(=O)(O)OCC(O)COP(=O)(O)OCC(COC(=O)CCCCCCC/C=C\C/C=C\C/C=C\CC)OC(=O)CCCCCCCCCCCCC)OC(=O)CCCCCCCC/C=C\C/C=C\C/C=C\CCCCC. The lowest BCUT2D eigenvalue weighted by Gasteiger charge is -2.21. The maximum atomic E-state index is 13.1. The zero-order valence-electron chi connectivity index (χ0n) is 64.9. The first-order chi connectivity index (χ1) is 50.7. The average Bonchev–Trinajstić information content (AvgIpc) is 0.928. The lowest BCUT2D eigenvalue weighted by atomic mass is 10.1. The molecule has 5 atom stereocenters. The molecule has 0 saturated carbocycles. The molecule has 17 nitrogen and oxygen atoms in total. The lowest BCUT2D eigenvalue weighted by molar-refractivity contribution is -0.161. The number of carbonyl (C=O) groups excluding carboxylic acids is 4. The van der Waals surface area contributed by atoms with Crippen molar-refractivity contribution in [1.82, 2.24) is 0 Å². The highest BCUT2D eigenvalue weighted by Crippen LogP contribution is 2.45. The number of phosphoric ester groups is 2. The molecule has 0 aliphatic rings. The van der Waals surface area contributed by atoms with Crippen LogP contribution in [0.1, 0.15) is 310 Å². The number of rotatable bonds is 74. The van der Waals surface area contributed by atoms with Crippen LogP contribution in [-0.4, -0.2) is 96.7 Å². The van der Waals surface area contributed by atoms with Crippen molar-refractivity contribution in [3.63, 3.8) is 0 Å². The highest BCUT2D eigenvalue weighted by Gasteiger charge is 2.30. The van der Waals surface area contributed by atoms with Gasteiger partial charge in [0.1, 0.15) is 19.3 Å². The Balaban J connectivity index is 5.43. The van der Waals surface area contributed by atoms with Crippen molar-refractivity contribution in [2.24, 2.45) is 0 Å². The molecule has 19 heteroatoms. The molecular formula is C85H142O17P2. The fourth-order valence-electron chi connectivity index (χ4n) is 10.3. The minimum atomic E-state index is -5.00. The van der Waals surface area contributed by atoms with E-state index >= 15 is 0 Å². The largest absolute Gasteiger partial charge is 0.472 e. The van der Waals surface area contributed by atoms with Gasteiger partial charge < -0.3 is 33.8 Å². The number of hydrogen-bond acceptors (Lipinski definition) is 15. The molecule has 0 rings (SSSR count). The number of ether oxygens (including phenoxy) is 4. The van der Waals surface area contributed by atoms with Gasteiger partial charge in [0.2, 0.25) is 0 Å². The van der Waals surface area contributed by atoms with Crippen LogP contribution in [0.4, 0.5) is 0 Å².